The van der Waals surface area contributed by atoms with Crippen LogP contribution in [-0.4, -0.2) is 47.2 Å². The molecule has 3 atom stereocenters. The molecule has 2 aliphatic rings. The number of carbonyl (C=O) groups is 4. The van der Waals surface area contributed by atoms with Crippen molar-refractivity contribution in [2.24, 2.45) is 17.6 Å². The van der Waals surface area contributed by atoms with Crippen LogP contribution in [0.15, 0.2) is 22.7 Å². The number of nitrogens with one attached hydrogen (secondary N) is 4. The van der Waals surface area contributed by atoms with Gasteiger partial charge in [-0.1, -0.05) is 28.8 Å². The van der Waals surface area contributed by atoms with Crippen molar-refractivity contribution in [1.82, 2.24) is 20.9 Å². The predicted octanol–water partition coefficient (Wildman–Crippen LogP) is 1.85. The van der Waals surface area contributed by atoms with Crippen LogP contribution in [-0.2, 0) is 14.4 Å². The van der Waals surface area contributed by atoms with Gasteiger partial charge in [-0.2, -0.15) is 0 Å². The van der Waals surface area contributed by atoms with E-state index >= 15 is 0 Å². The van der Waals surface area contributed by atoms with Gasteiger partial charge >= 0.3 is 0 Å². The molecule has 0 spiro atoms. The van der Waals surface area contributed by atoms with Gasteiger partial charge in [-0.3, -0.25) is 19.2 Å². The standard InChI is InChI=1S/C23H27BrFN5O4/c24-13-5-6-14-15(10-13)28-19(18(14)25)23(34)30-17(8-11-3-4-11)22(33)29-16(20(26)31)9-12-2-1-7-27-21(12)32/h5-6,10-12,16-17,28H,1-4,7-9H2,(H2,26,31)(H,27,32)(H,29,33)(H,30,34)/t12-,16-,17-/m0/s1. The van der Waals surface area contributed by atoms with Crippen molar-refractivity contribution < 1.29 is 23.6 Å². The molecule has 4 rings (SSSR count). The molecule has 2 fully saturated rings. The fraction of sp³-hybridized carbons (Fsp3) is 0.478. The van der Waals surface area contributed by atoms with E-state index in [0.29, 0.717) is 24.9 Å². The van der Waals surface area contributed by atoms with Crippen LogP contribution in [0.3, 0.4) is 0 Å². The third kappa shape index (κ3) is 5.57. The summed E-state index contributed by atoms with van der Waals surface area (Å²) in [5.41, 5.74) is 5.67. The quantitative estimate of drug-likeness (QED) is 0.333. The third-order valence-electron chi connectivity index (χ3n) is 6.39. The van der Waals surface area contributed by atoms with Gasteiger partial charge in [-0.25, -0.2) is 4.39 Å². The highest BCUT2D eigenvalue weighted by Crippen LogP contribution is 2.34. The minimum absolute atomic E-state index is 0.0858. The lowest BCUT2D eigenvalue weighted by Crippen LogP contribution is -2.54. The summed E-state index contributed by atoms with van der Waals surface area (Å²) in [5, 5.41) is 8.23. The zero-order valence-corrected chi connectivity index (χ0v) is 20.0. The van der Waals surface area contributed by atoms with E-state index in [1.807, 2.05) is 0 Å². The Morgan fingerprint density at radius 1 is 1.15 bits per heavy atom. The lowest BCUT2D eigenvalue weighted by molar-refractivity contribution is -0.131. The normalized spacial score (nSPS) is 19.8. The molecular weight excluding hydrogens is 509 g/mol. The SMILES string of the molecule is NC(=O)[C@H](C[C@@H]1CCCNC1=O)NC(=O)[C@H](CC1CC1)NC(=O)c1[nH]c2cc(Br)ccc2c1F. The van der Waals surface area contributed by atoms with Crippen LogP contribution in [0.2, 0.25) is 0 Å². The number of hydrogen-bond donors (Lipinski definition) is 5. The molecule has 34 heavy (non-hydrogen) atoms. The van der Waals surface area contributed by atoms with E-state index in [4.69, 9.17) is 5.73 Å². The maximum Gasteiger partial charge on any atom is 0.271 e. The lowest BCUT2D eigenvalue weighted by atomic mass is 9.91. The molecule has 0 unspecified atom stereocenters. The first-order valence-electron chi connectivity index (χ1n) is 11.4. The summed E-state index contributed by atoms with van der Waals surface area (Å²) in [4.78, 5) is 52.8. The summed E-state index contributed by atoms with van der Waals surface area (Å²) in [6.07, 6.45) is 3.68. The maximum absolute atomic E-state index is 14.8. The van der Waals surface area contributed by atoms with Crippen LogP contribution in [0.25, 0.3) is 10.9 Å². The number of benzene rings is 1. The number of aromatic amines is 1. The van der Waals surface area contributed by atoms with E-state index in [-0.39, 0.29) is 29.3 Å². The smallest absolute Gasteiger partial charge is 0.271 e. The van der Waals surface area contributed by atoms with Crippen LogP contribution in [0.4, 0.5) is 4.39 Å². The Labute approximate surface area is 203 Å². The molecule has 6 N–H and O–H groups in total. The molecule has 1 aromatic carbocycles. The molecule has 1 aliphatic carbocycles. The van der Waals surface area contributed by atoms with Gasteiger partial charge < -0.3 is 26.7 Å². The second kappa shape index (κ2) is 10.1. The highest BCUT2D eigenvalue weighted by molar-refractivity contribution is 9.10. The van der Waals surface area contributed by atoms with Crippen LogP contribution in [0.1, 0.15) is 49.0 Å². The van der Waals surface area contributed by atoms with Crippen molar-refractivity contribution in [2.45, 2.75) is 50.6 Å². The van der Waals surface area contributed by atoms with Gasteiger partial charge in [-0.15, -0.1) is 0 Å². The van der Waals surface area contributed by atoms with Gasteiger partial charge in [0.15, 0.2) is 5.82 Å². The van der Waals surface area contributed by atoms with E-state index < -0.39 is 41.5 Å². The summed E-state index contributed by atoms with van der Waals surface area (Å²) in [5.74, 6) is -3.14. The van der Waals surface area contributed by atoms with Crippen LogP contribution >= 0.6 is 15.9 Å². The number of H-pyrrole nitrogens is 1. The molecule has 2 aromatic rings. The number of primary amides is 1. The average Bonchev–Trinajstić information content (AvgIpc) is 3.55. The Morgan fingerprint density at radius 2 is 1.91 bits per heavy atom. The molecule has 4 amide bonds. The molecule has 1 saturated heterocycles. The van der Waals surface area contributed by atoms with Crippen molar-refractivity contribution in [3.05, 3.63) is 34.2 Å². The Hall–Kier alpha value is -2.95. The highest BCUT2D eigenvalue weighted by Gasteiger charge is 2.35. The van der Waals surface area contributed by atoms with Crippen LogP contribution in [0.5, 0.6) is 0 Å². The first kappa shape index (κ1) is 24.2. The fourth-order valence-corrected chi connectivity index (χ4v) is 4.67. The minimum atomic E-state index is -1.05. The van der Waals surface area contributed by atoms with Crippen molar-refractivity contribution in [2.75, 3.05) is 6.54 Å². The summed E-state index contributed by atoms with van der Waals surface area (Å²) >= 11 is 3.31. The van der Waals surface area contributed by atoms with Gasteiger partial charge in [-0.05, 0) is 49.8 Å². The molecule has 0 bridgehead atoms. The number of amides is 4. The van der Waals surface area contributed by atoms with Crippen LogP contribution in [0, 0.1) is 17.7 Å². The largest absolute Gasteiger partial charge is 0.368 e. The van der Waals surface area contributed by atoms with Gasteiger partial charge in [0.25, 0.3) is 5.91 Å². The number of nitrogens with two attached hydrogens (primary N) is 1. The van der Waals surface area contributed by atoms with E-state index in [1.54, 1.807) is 18.2 Å². The summed E-state index contributed by atoms with van der Waals surface area (Å²) in [7, 11) is 0. The number of rotatable bonds is 9. The minimum Gasteiger partial charge on any atom is -0.368 e. The van der Waals surface area contributed by atoms with Crippen molar-refractivity contribution in [3.8, 4) is 0 Å². The van der Waals surface area contributed by atoms with Crippen LogP contribution < -0.4 is 21.7 Å². The molecule has 2 heterocycles. The molecular formula is C23H27BrFN5O4. The molecule has 1 aromatic heterocycles. The van der Waals surface area contributed by atoms with Gasteiger partial charge in [0.2, 0.25) is 17.7 Å². The Bertz CT molecular complexity index is 1130. The number of aromatic nitrogens is 1. The number of halogens is 2. The third-order valence-corrected chi connectivity index (χ3v) is 6.88. The van der Waals surface area contributed by atoms with Gasteiger partial charge in [0.1, 0.15) is 17.8 Å². The Morgan fingerprint density at radius 3 is 2.59 bits per heavy atom. The molecule has 1 aliphatic heterocycles. The molecule has 11 heteroatoms. The van der Waals surface area contributed by atoms with E-state index in [2.05, 4.69) is 36.9 Å². The number of hydrogen-bond acceptors (Lipinski definition) is 4. The number of piperidine rings is 1. The zero-order chi connectivity index (χ0) is 24.4. The number of fused-ring (bicyclic) bond motifs is 1. The summed E-state index contributed by atoms with van der Waals surface area (Å²) in [6.45, 7) is 0.583. The summed E-state index contributed by atoms with van der Waals surface area (Å²) in [6, 6.07) is 2.85. The maximum atomic E-state index is 14.8. The van der Waals surface area contributed by atoms with E-state index in [1.165, 1.54) is 0 Å². The second-order valence-electron chi connectivity index (χ2n) is 9.04. The monoisotopic (exact) mass is 535 g/mol. The first-order valence-corrected chi connectivity index (χ1v) is 12.2. The topological polar surface area (TPSA) is 146 Å². The van der Waals surface area contributed by atoms with Gasteiger partial charge in [0.05, 0.1) is 5.52 Å². The van der Waals surface area contributed by atoms with Crippen molar-refractivity contribution in [1.29, 1.82) is 0 Å². The predicted molar refractivity (Wildman–Crippen MR) is 126 cm³/mol. The first-order chi connectivity index (χ1) is 16.2. The molecule has 1 saturated carbocycles. The summed E-state index contributed by atoms with van der Waals surface area (Å²) < 4.78 is 15.6. The molecule has 182 valence electrons. The number of carbonyl (C=O) groups excluding carboxylic acids is 4. The molecule has 0 radical (unpaired) electrons. The van der Waals surface area contributed by atoms with E-state index in [9.17, 15) is 23.6 Å². The van der Waals surface area contributed by atoms with E-state index in [0.717, 1.165) is 23.7 Å². The van der Waals surface area contributed by atoms with Crippen molar-refractivity contribution in [3.63, 3.8) is 0 Å². The Balaban J connectivity index is 1.47. The lowest BCUT2D eigenvalue weighted by Gasteiger charge is -2.27. The Kier molecular flexibility index (Phi) is 7.20. The van der Waals surface area contributed by atoms with Gasteiger partial charge in [0, 0.05) is 22.3 Å². The average molecular weight is 536 g/mol. The highest BCUT2D eigenvalue weighted by atomic mass is 79.9. The molecule has 9 nitrogen and oxygen atoms in total. The van der Waals surface area contributed by atoms with Crippen molar-refractivity contribution >= 4 is 50.5 Å². The zero-order valence-electron chi connectivity index (χ0n) is 18.5. The second-order valence-corrected chi connectivity index (χ2v) is 9.95. The fourth-order valence-electron chi connectivity index (χ4n) is 4.30.